The molecule has 5 nitrogen and oxygen atoms in total. The summed E-state index contributed by atoms with van der Waals surface area (Å²) in [4.78, 5) is 21.9. The second-order valence-electron chi connectivity index (χ2n) is 4.18. The quantitative estimate of drug-likeness (QED) is 0.646. The monoisotopic (exact) mass is 298 g/mol. The Morgan fingerprint density at radius 2 is 2.10 bits per heavy atom. The van der Waals surface area contributed by atoms with Gasteiger partial charge in [0.2, 0.25) is 0 Å². The number of hydrogen-bond donors (Lipinski definition) is 1. The van der Waals surface area contributed by atoms with Gasteiger partial charge in [-0.2, -0.15) is 0 Å². The minimum Gasteiger partial charge on any atom is -0.481 e. The van der Waals surface area contributed by atoms with Crippen LogP contribution in [-0.2, 0) is 14.3 Å². The van der Waals surface area contributed by atoms with Crippen molar-refractivity contribution >= 4 is 29.6 Å². The summed E-state index contributed by atoms with van der Waals surface area (Å²) in [6, 6.07) is 4.69. The van der Waals surface area contributed by atoms with Crippen LogP contribution in [0.1, 0.15) is 19.4 Å². The van der Waals surface area contributed by atoms with Crippen LogP contribution < -0.4 is 4.74 Å². The molecule has 0 bridgehead atoms. The Balaban J connectivity index is 2.78. The van der Waals surface area contributed by atoms with E-state index in [1.807, 2.05) is 0 Å². The highest BCUT2D eigenvalue weighted by atomic mass is 35.5. The van der Waals surface area contributed by atoms with Crippen molar-refractivity contribution in [2.24, 2.45) is 0 Å². The summed E-state index contributed by atoms with van der Waals surface area (Å²) >= 11 is 5.84. The molecule has 0 atom stereocenters. The van der Waals surface area contributed by atoms with E-state index in [-0.39, 0.29) is 12.7 Å². The molecule has 0 aromatic heterocycles. The van der Waals surface area contributed by atoms with Crippen LogP contribution in [0.3, 0.4) is 0 Å². The molecular weight excluding hydrogens is 284 g/mol. The number of carboxylic acids is 1. The molecule has 0 aliphatic carbocycles. The van der Waals surface area contributed by atoms with Crippen molar-refractivity contribution in [3.8, 4) is 5.75 Å². The first-order chi connectivity index (χ1) is 9.38. The minimum absolute atomic E-state index is 0.220. The zero-order valence-electron chi connectivity index (χ0n) is 11.1. The standard InChI is InChI=1S/C14H15ClO5/c1-9(2)20-14(18)8-19-12-5-4-11(15)7-10(12)3-6-13(16)17/h3-7,9H,8H2,1-2H3,(H,16,17). The van der Waals surface area contributed by atoms with Gasteiger partial charge in [0.25, 0.3) is 0 Å². The fourth-order valence-corrected chi connectivity index (χ4v) is 1.56. The number of carbonyl (C=O) groups excluding carboxylic acids is 1. The topological polar surface area (TPSA) is 72.8 Å². The van der Waals surface area contributed by atoms with Crippen LogP contribution in [0.5, 0.6) is 5.75 Å². The van der Waals surface area contributed by atoms with Gasteiger partial charge in [0, 0.05) is 16.7 Å². The fraction of sp³-hybridized carbons (Fsp3) is 0.286. The number of ether oxygens (including phenoxy) is 2. The molecule has 0 fully saturated rings. The van der Waals surface area contributed by atoms with Crippen LogP contribution in [0.15, 0.2) is 24.3 Å². The van der Waals surface area contributed by atoms with Crippen LogP contribution in [-0.4, -0.2) is 29.8 Å². The molecule has 0 saturated heterocycles. The van der Waals surface area contributed by atoms with Crippen molar-refractivity contribution in [1.82, 2.24) is 0 Å². The predicted octanol–water partition coefficient (Wildman–Crippen LogP) is 2.77. The Bertz CT molecular complexity index is 522. The Morgan fingerprint density at radius 3 is 2.70 bits per heavy atom. The van der Waals surface area contributed by atoms with Crippen molar-refractivity contribution in [1.29, 1.82) is 0 Å². The summed E-state index contributed by atoms with van der Waals surface area (Å²) in [5.74, 6) is -1.23. The Hall–Kier alpha value is -2.01. The molecule has 0 saturated carbocycles. The Kier molecular flexibility index (Phi) is 6.06. The van der Waals surface area contributed by atoms with Gasteiger partial charge in [-0.15, -0.1) is 0 Å². The minimum atomic E-state index is -1.09. The van der Waals surface area contributed by atoms with E-state index in [0.29, 0.717) is 16.3 Å². The van der Waals surface area contributed by atoms with Crippen LogP contribution in [0.4, 0.5) is 0 Å². The lowest BCUT2D eigenvalue weighted by molar-refractivity contribution is -0.149. The largest absolute Gasteiger partial charge is 0.481 e. The van der Waals surface area contributed by atoms with Gasteiger partial charge in [0.05, 0.1) is 6.10 Å². The van der Waals surface area contributed by atoms with Gasteiger partial charge in [-0.25, -0.2) is 9.59 Å². The molecule has 0 amide bonds. The number of esters is 1. The molecule has 1 aromatic rings. The van der Waals surface area contributed by atoms with Gasteiger partial charge >= 0.3 is 11.9 Å². The number of halogens is 1. The van der Waals surface area contributed by atoms with Gasteiger partial charge in [0.1, 0.15) is 5.75 Å². The summed E-state index contributed by atoms with van der Waals surface area (Å²) < 4.78 is 10.2. The average Bonchev–Trinajstić information content (AvgIpc) is 2.34. The molecule has 0 spiro atoms. The molecule has 0 radical (unpaired) electrons. The maximum atomic E-state index is 11.4. The summed E-state index contributed by atoms with van der Waals surface area (Å²) in [5, 5.41) is 9.05. The highest BCUT2D eigenvalue weighted by Gasteiger charge is 2.09. The summed E-state index contributed by atoms with van der Waals surface area (Å²) in [5.41, 5.74) is 0.470. The average molecular weight is 299 g/mol. The number of rotatable bonds is 6. The second-order valence-corrected chi connectivity index (χ2v) is 4.62. The molecule has 0 unspecified atom stereocenters. The molecule has 1 rings (SSSR count). The van der Waals surface area contributed by atoms with Gasteiger partial charge < -0.3 is 14.6 Å². The fourth-order valence-electron chi connectivity index (χ4n) is 1.38. The zero-order chi connectivity index (χ0) is 15.1. The van der Waals surface area contributed by atoms with E-state index in [4.69, 9.17) is 26.2 Å². The molecule has 108 valence electrons. The van der Waals surface area contributed by atoms with Gasteiger partial charge in [-0.3, -0.25) is 0 Å². The van der Waals surface area contributed by atoms with Crippen LogP contribution in [0.2, 0.25) is 5.02 Å². The van der Waals surface area contributed by atoms with Gasteiger partial charge in [-0.05, 0) is 38.1 Å². The number of carboxylic acid groups (broad SMARTS) is 1. The van der Waals surface area contributed by atoms with E-state index in [1.165, 1.54) is 6.08 Å². The van der Waals surface area contributed by atoms with Crippen molar-refractivity contribution < 1.29 is 24.2 Å². The summed E-state index contributed by atoms with van der Waals surface area (Å²) in [6.07, 6.45) is 2.09. The first-order valence-corrected chi connectivity index (χ1v) is 6.29. The molecule has 0 aliphatic rings. The molecule has 20 heavy (non-hydrogen) atoms. The Labute approximate surface area is 121 Å². The number of carbonyl (C=O) groups is 2. The normalized spacial score (nSPS) is 10.8. The maximum absolute atomic E-state index is 11.4. The van der Waals surface area contributed by atoms with E-state index in [0.717, 1.165) is 6.08 Å². The highest BCUT2D eigenvalue weighted by molar-refractivity contribution is 6.30. The lowest BCUT2D eigenvalue weighted by Crippen LogP contribution is -2.18. The molecule has 1 N–H and O–H groups in total. The second kappa shape index (κ2) is 7.55. The predicted molar refractivity (Wildman–Crippen MR) is 74.8 cm³/mol. The van der Waals surface area contributed by atoms with E-state index < -0.39 is 11.9 Å². The first-order valence-electron chi connectivity index (χ1n) is 5.91. The molecule has 1 aromatic carbocycles. The van der Waals surface area contributed by atoms with E-state index >= 15 is 0 Å². The zero-order valence-corrected chi connectivity index (χ0v) is 11.9. The van der Waals surface area contributed by atoms with E-state index in [2.05, 4.69) is 0 Å². The lowest BCUT2D eigenvalue weighted by Gasteiger charge is -2.11. The molecular formula is C14H15ClO5. The number of aliphatic carboxylic acids is 1. The number of hydrogen-bond acceptors (Lipinski definition) is 4. The van der Waals surface area contributed by atoms with Crippen molar-refractivity contribution in [2.45, 2.75) is 20.0 Å². The molecule has 6 heteroatoms. The lowest BCUT2D eigenvalue weighted by atomic mass is 10.2. The van der Waals surface area contributed by atoms with Crippen LogP contribution >= 0.6 is 11.6 Å². The third-order valence-electron chi connectivity index (χ3n) is 2.09. The van der Waals surface area contributed by atoms with Crippen molar-refractivity contribution in [3.05, 3.63) is 34.9 Å². The summed E-state index contributed by atoms with van der Waals surface area (Å²) in [6.45, 7) is 3.22. The van der Waals surface area contributed by atoms with Crippen molar-refractivity contribution in [2.75, 3.05) is 6.61 Å². The van der Waals surface area contributed by atoms with Crippen molar-refractivity contribution in [3.63, 3.8) is 0 Å². The maximum Gasteiger partial charge on any atom is 0.344 e. The van der Waals surface area contributed by atoms with Gasteiger partial charge in [-0.1, -0.05) is 11.6 Å². The summed E-state index contributed by atoms with van der Waals surface area (Å²) in [7, 11) is 0. The Morgan fingerprint density at radius 1 is 1.40 bits per heavy atom. The van der Waals surface area contributed by atoms with Gasteiger partial charge in [0.15, 0.2) is 6.61 Å². The smallest absolute Gasteiger partial charge is 0.344 e. The van der Waals surface area contributed by atoms with Crippen LogP contribution in [0, 0.1) is 0 Å². The number of benzene rings is 1. The third-order valence-corrected chi connectivity index (χ3v) is 2.33. The molecule has 0 aliphatic heterocycles. The van der Waals surface area contributed by atoms with E-state index in [1.54, 1.807) is 32.0 Å². The highest BCUT2D eigenvalue weighted by Crippen LogP contribution is 2.24. The first kappa shape index (κ1) is 16.0. The molecule has 0 heterocycles. The van der Waals surface area contributed by atoms with E-state index in [9.17, 15) is 9.59 Å². The third kappa shape index (κ3) is 5.75. The SMILES string of the molecule is CC(C)OC(=O)COc1ccc(Cl)cc1C=CC(=O)O. The van der Waals surface area contributed by atoms with Crippen LogP contribution in [0.25, 0.3) is 6.08 Å².